The Morgan fingerprint density at radius 2 is 1.97 bits per heavy atom. The fourth-order valence-corrected chi connectivity index (χ4v) is 3.42. The van der Waals surface area contributed by atoms with Crippen molar-refractivity contribution < 1.29 is 4.42 Å². The van der Waals surface area contributed by atoms with E-state index >= 15 is 0 Å². The smallest absolute Gasteiger partial charge is 0.268 e. The lowest BCUT2D eigenvalue weighted by molar-refractivity contribution is 0.387. The van der Waals surface area contributed by atoms with Crippen LogP contribution in [-0.2, 0) is 13.6 Å². The highest BCUT2D eigenvalue weighted by Crippen LogP contribution is 2.25. The Bertz CT molecular complexity index is 1400. The van der Waals surface area contributed by atoms with Gasteiger partial charge < -0.3 is 19.0 Å². The summed E-state index contributed by atoms with van der Waals surface area (Å²) in [5.74, 6) is 1.34. The highest BCUT2D eigenvalue weighted by atomic mass is 16.4. The number of hydrogen-bond donors (Lipinski definition) is 1. The summed E-state index contributed by atoms with van der Waals surface area (Å²) >= 11 is 0. The first-order valence-electron chi connectivity index (χ1n) is 10.0. The monoisotopic (exact) mass is 430 g/mol. The number of imidazole rings is 1. The van der Waals surface area contributed by atoms with Crippen molar-refractivity contribution in [2.75, 3.05) is 19.4 Å². The minimum absolute atomic E-state index is 0.379. The van der Waals surface area contributed by atoms with Gasteiger partial charge in [-0.1, -0.05) is 0 Å². The molecule has 32 heavy (non-hydrogen) atoms. The van der Waals surface area contributed by atoms with Crippen molar-refractivity contribution in [3.8, 4) is 23.0 Å². The average molecular weight is 430 g/mol. The second kappa shape index (κ2) is 7.85. The lowest BCUT2D eigenvalue weighted by Gasteiger charge is -2.08. The van der Waals surface area contributed by atoms with Gasteiger partial charge in [0.1, 0.15) is 12.0 Å². The van der Waals surface area contributed by atoms with E-state index in [0.717, 1.165) is 34.8 Å². The van der Waals surface area contributed by atoms with Crippen LogP contribution in [-0.4, -0.2) is 58.3 Å². The summed E-state index contributed by atoms with van der Waals surface area (Å²) in [6.07, 6.45) is 5.32. The van der Waals surface area contributed by atoms with Crippen LogP contribution >= 0.6 is 0 Å². The molecular weight excluding hydrogens is 408 g/mol. The van der Waals surface area contributed by atoms with E-state index in [1.54, 1.807) is 19.4 Å². The van der Waals surface area contributed by atoms with Crippen LogP contribution in [0.1, 0.15) is 11.6 Å². The minimum Gasteiger partial charge on any atom is -0.420 e. The predicted octanol–water partition coefficient (Wildman–Crippen LogP) is 2.69. The van der Waals surface area contributed by atoms with Gasteiger partial charge in [-0.05, 0) is 38.4 Å². The number of anilines is 2. The van der Waals surface area contributed by atoms with E-state index < -0.39 is 0 Å². The standard InChI is InChI=1S/C21H22N10O/c1-13-26-27-20(32-13)19-18-9-14(6-8-31(18)12-23-19)24-21-22-7-5-16(25-21)17-10-15(11-29(2)3)30(4)28-17/h5-10,12H,11H2,1-4H3,(H,22,24,25). The molecule has 11 nitrogen and oxygen atoms in total. The van der Waals surface area contributed by atoms with E-state index in [9.17, 15) is 0 Å². The van der Waals surface area contributed by atoms with Gasteiger partial charge in [-0.3, -0.25) is 4.68 Å². The van der Waals surface area contributed by atoms with Crippen LogP contribution in [0.15, 0.2) is 47.4 Å². The lowest BCUT2D eigenvalue weighted by atomic mass is 10.2. The molecule has 0 saturated carbocycles. The quantitative estimate of drug-likeness (QED) is 0.434. The summed E-state index contributed by atoms with van der Waals surface area (Å²) in [6.45, 7) is 2.55. The van der Waals surface area contributed by atoms with Crippen molar-refractivity contribution in [3.05, 3.63) is 54.6 Å². The number of pyridine rings is 1. The third kappa shape index (κ3) is 3.81. The van der Waals surface area contributed by atoms with Gasteiger partial charge in [-0.25, -0.2) is 15.0 Å². The van der Waals surface area contributed by atoms with Crippen molar-refractivity contribution in [1.29, 1.82) is 0 Å². The third-order valence-corrected chi connectivity index (χ3v) is 4.90. The molecule has 0 aromatic carbocycles. The molecule has 162 valence electrons. The lowest BCUT2D eigenvalue weighted by Crippen LogP contribution is -2.13. The maximum absolute atomic E-state index is 5.54. The first-order chi connectivity index (χ1) is 15.5. The van der Waals surface area contributed by atoms with E-state index in [1.807, 2.05) is 60.7 Å². The molecule has 0 atom stereocenters. The van der Waals surface area contributed by atoms with Crippen molar-refractivity contribution in [3.63, 3.8) is 0 Å². The largest absolute Gasteiger partial charge is 0.420 e. The van der Waals surface area contributed by atoms with Gasteiger partial charge >= 0.3 is 0 Å². The van der Waals surface area contributed by atoms with Crippen molar-refractivity contribution in [1.82, 2.24) is 44.2 Å². The first kappa shape index (κ1) is 19.8. The summed E-state index contributed by atoms with van der Waals surface area (Å²) in [4.78, 5) is 15.5. The molecule has 0 aliphatic rings. The average Bonchev–Trinajstić information content (AvgIpc) is 3.46. The van der Waals surface area contributed by atoms with E-state index in [0.29, 0.717) is 23.4 Å². The Morgan fingerprint density at radius 3 is 2.75 bits per heavy atom. The first-order valence-corrected chi connectivity index (χ1v) is 10.0. The zero-order chi connectivity index (χ0) is 22.2. The van der Waals surface area contributed by atoms with Gasteiger partial charge in [0, 0.05) is 38.6 Å². The Hall–Kier alpha value is -4.12. The summed E-state index contributed by atoms with van der Waals surface area (Å²) in [5.41, 5.74) is 4.90. The molecule has 11 heteroatoms. The van der Waals surface area contributed by atoms with Crippen LogP contribution in [0, 0.1) is 6.92 Å². The highest BCUT2D eigenvalue weighted by molar-refractivity contribution is 5.76. The molecule has 0 bridgehead atoms. The molecule has 0 amide bonds. The van der Waals surface area contributed by atoms with Crippen LogP contribution < -0.4 is 5.32 Å². The van der Waals surface area contributed by atoms with Crippen molar-refractivity contribution in [2.24, 2.45) is 7.05 Å². The fourth-order valence-electron chi connectivity index (χ4n) is 3.42. The zero-order valence-corrected chi connectivity index (χ0v) is 18.2. The van der Waals surface area contributed by atoms with Gasteiger partial charge in [0.25, 0.3) is 5.89 Å². The molecule has 0 fully saturated rings. The van der Waals surface area contributed by atoms with Crippen LogP contribution in [0.25, 0.3) is 28.5 Å². The molecule has 1 N–H and O–H groups in total. The number of fused-ring (bicyclic) bond motifs is 1. The molecule has 0 aliphatic carbocycles. The Labute approximate surface area is 183 Å². The SMILES string of the molecule is Cc1nnc(-c2ncn3ccc(Nc4nccc(-c5cc(CN(C)C)n(C)n5)n4)cc23)o1. The molecule has 5 rings (SSSR count). The highest BCUT2D eigenvalue weighted by Gasteiger charge is 2.15. The van der Waals surface area contributed by atoms with E-state index in [4.69, 9.17) is 4.42 Å². The molecule has 0 unspecified atom stereocenters. The van der Waals surface area contributed by atoms with Crippen LogP contribution in [0.5, 0.6) is 0 Å². The molecule has 5 aromatic rings. The Morgan fingerprint density at radius 1 is 1.09 bits per heavy atom. The fraction of sp³-hybridized carbons (Fsp3) is 0.238. The van der Waals surface area contributed by atoms with Gasteiger partial charge in [0.15, 0.2) is 5.69 Å². The Balaban J connectivity index is 1.43. The van der Waals surface area contributed by atoms with Crippen LogP contribution in [0.4, 0.5) is 11.6 Å². The van der Waals surface area contributed by atoms with Crippen LogP contribution in [0.3, 0.4) is 0 Å². The van der Waals surface area contributed by atoms with Gasteiger partial charge in [-0.15, -0.1) is 10.2 Å². The normalized spacial score (nSPS) is 11.5. The molecule has 0 saturated heterocycles. The minimum atomic E-state index is 0.379. The maximum atomic E-state index is 5.54. The number of rotatable bonds is 6. The Kier molecular flexibility index (Phi) is 4.86. The molecular formula is C21H22N10O. The second-order valence-corrected chi connectivity index (χ2v) is 7.70. The van der Waals surface area contributed by atoms with Crippen molar-refractivity contribution in [2.45, 2.75) is 13.5 Å². The number of nitrogens with zero attached hydrogens (tertiary/aromatic N) is 9. The number of hydrogen-bond acceptors (Lipinski definition) is 9. The second-order valence-electron chi connectivity index (χ2n) is 7.70. The molecule has 0 aliphatic heterocycles. The molecule has 0 spiro atoms. The van der Waals surface area contributed by atoms with Gasteiger partial charge in [0.2, 0.25) is 11.8 Å². The van der Waals surface area contributed by atoms with E-state index in [-0.39, 0.29) is 0 Å². The molecule has 5 heterocycles. The third-order valence-electron chi connectivity index (χ3n) is 4.90. The van der Waals surface area contributed by atoms with E-state index in [2.05, 4.69) is 40.5 Å². The zero-order valence-electron chi connectivity index (χ0n) is 18.2. The molecule has 5 aromatic heterocycles. The summed E-state index contributed by atoms with van der Waals surface area (Å²) in [7, 11) is 6.00. The molecule has 0 radical (unpaired) electrons. The topological polar surface area (TPSA) is 115 Å². The van der Waals surface area contributed by atoms with Crippen LogP contribution in [0.2, 0.25) is 0 Å². The summed E-state index contributed by atoms with van der Waals surface area (Å²) < 4.78 is 9.30. The van der Waals surface area contributed by atoms with Crippen molar-refractivity contribution >= 4 is 17.2 Å². The number of aromatic nitrogens is 8. The predicted molar refractivity (Wildman–Crippen MR) is 118 cm³/mol. The summed E-state index contributed by atoms with van der Waals surface area (Å²) in [6, 6.07) is 7.75. The summed E-state index contributed by atoms with van der Waals surface area (Å²) in [5, 5.41) is 15.8. The van der Waals surface area contributed by atoms with E-state index in [1.165, 1.54) is 0 Å². The number of aryl methyl sites for hydroxylation is 2. The number of nitrogens with one attached hydrogen (secondary N) is 1. The maximum Gasteiger partial charge on any atom is 0.268 e. The van der Waals surface area contributed by atoms with Gasteiger partial charge in [0.05, 0.1) is 16.9 Å². The van der Waals surface area contributed by atoms with Gasteiger partial charge in [-0.2, -0.15) is 5.10 Å².